The van der Waals surface area contributed by atoms with Gasteiger partial charge in [-0.15, -0.1) is 0 Å². The largest absolute Gasteiger partial charge is 0.330 e. The Labute approximate surface area is 131 Å². The molecule has 1 aliphatic carbocycles. The van der Waals surface area contributed by atoms with E-state index >= 15 is 0 Å². The Balaban J connectivity index is 2.08. The molecule has 2 unspecified atom stereocenters. The summed E-state index contributed by atoms with van der Waals surface area (Å²) in [5, 5.41) is 13.6. The molecule has 1 aromatic carbocycles. The van der Waals surface area contributed by atoms with E-state index in [0.717, 1.165) is 25.7 Å². The molecule has 7 heteroatoms. The van der Waals surface area contributed by atoms with Crippen molar-refractivity contribution in [2.45, 2.75) is 25.7 Å². The van der Waals surface area contributed by atoms with Crippen LogP contribution in [-0.2, 0) is 4.79 Å². The summed E-state index contributed by atoms with van der Waals surface area (Å²) < 4.78 is 0.351. The molecule has 114 valence electrons. The Bertz CT molecular complexity index is 550. The minimum Gasteiger partial charge on any atom is -0.330 e. The monoisotopic (exact) mass is 355 g/mol. The first-order valence-corrected chi connectivity index (χ1v) is 7.77. The molecule has 1 saturated carbocycles. The lowest BCUT2D eigenvalue weighted by Gasteiger charge is -2.29. The third-order valence-corrected chi connectivity index (χ3v) is 4.60. The fourth-order valence-corrected chi connectivity index (χ4v) is 3.33. The van der Waals surface area contributed by atoms with Gasteiger partial charge in [-0.3, -0.25) is 14.9 Å². The van der Waals surface area contributed by atoms with Crippen LogP contribution in [0, 0.1) is 22.0 Å². The smallest absolute Gasteiger partial charge is 0.283 e. The summed E-state index contributed by atoms with van der Waals surface area (Å²) in [6.45, 7) is 0.516. The van der Waals surface area contributed by atoms with Gasteiger partial charge >= 0.3 is 0 Å². The number of carbonyl (C=O) groups is 1. The van der Waals surface area contributed by atoms with Gasteiger partial charge in [0.05, 0.1) is 9.40 Å². The zero-order valence-electron chi connectivity index (χ0n) is 11.5. The standard InChI is InChI=1S/C14H18BrN3O3/c15-12-7-10(5-6-13(12)18(20)21)17-14(19)11-4-2-1-3-9(11)8-16/h5-7,9,11H,1-4,8,16H2,(H,17,19). The van der Waals surface area contributed by atoms with E-state index in [1.54, 1.807) is 12.1 Å². The van der Waals surface area contributed by atoms with Crippen molar-refractivity contribution < 1.29 is 9.72 Å². The molecule has 0 aliphatic heterocycles. The van der Waals surface area contributed by atoms with Crippen LogP contribution < -0.4 is 11.1 Å². The minimum atomic E-state index is -0.471. The van der Waals surface area contributed by atoms with Crippen LogP contribution in [0.2, 0.25) is 0 Å². The topological polar surface area (TPSA) is 98.3 Å². The number of hydrogen-bond donors (Lipinski definition) is 2. The van der Waals surface area contributed by atoms with Gasteiger partial charge in [0.1, 0.15) is 0 Å². The van der Waals surface area contributed by atoms with Crippen molar-refractivity contribution in [1.82, 2.24) is 0 Å². The third kappa shape index (κ3) is 3.79. The molecule has 0 saturated heterocycles. The summed E-state index contributed by atoms with van der Waals surface area (Å²) in [7, 11) is 0. The fourth-order valence-electron chi connectivity index (χ4n) is 2.80. The number of halogens is 1. The summed E-state index contributed by atoms with van der Waals surface area (Å²) >= 11 is 3.15. The number of carbonyl (C=O) groups excluding carboxylic acids is 1. The zero-order valence-corrected chi connectivity index (χ0v) is 13.1. The molecule has 0 aromatic heterocycles. The number of anilines is 1. The van der Waals surface area contributed by atoms with E-state index in [9.17, 15) is 14.9 Å². The molecule has 6 nitrogen and oxygen atoms in total. The molecule has 21 heavy (non-hydrogen) atoms. The molecule has 1 fully saturated rings. The van der Waals surface area contributed by atoms with Crippen LogP contribution in [0.15, 0.2) is 22.7 Å². The van der Waals surface area contributed by atoms with Crippen LogP contribution in [0.4, 0.5) is 11.4 Å². The van der Waals surface area contributed by atoms with Crippen molar-refractivity contribution in [1.29, 1.82) is 0 Å². The maximum Gasteiger partial charge on any atom is 0.283 e. The predicted molar refractivity (Wildman–Crippen MR) is 83.9 cm³/mol. The molecule has 3 N–H and O–H groups in total. The number of benzene rings is 1. The lowest BCUT2D eigenvalue weighted by molar-refractivity contribution is -0.385. The summed E-state index contributed by atoms with van der Waals surface area (Å²) in [6, 6.07) is 4.47. The molecule has 0 spiro atoms. The summed E-state index contributed by atoms with van der Waals surface area (Å²) in [4.78, 5) is 22.6. The normalized spacial score (nSPS) is 21.8. The van der Waals surface area contributed by atoms with Crippen LogP contribution in [0.5, 0.6) is 0 Å². The van der Waals surface area contributed by atoms with Crippen molar-refractivity contribution in [2.75, 3.05) is 11.9 Å². The number of nitro groups is 1. The summed E-state index contributed by atoms with van der Waals surface area (Å²) in [6.07, 6.45) is 3.99. The van der Waals surface area contributed by atoms with Crippen LogP contribution in [0.25, 0.3) is 0 Å². The maximum atomic E-state index is 12.4. The molecule has 2 atom stereocenters. The summed E-state index contributed by atoms with van der Waals surface area (Å²) in [5.41, 5.74) is 6.27. The minimum absolute atomic E-state index is 0.0227. The van der Waals surface area contributed by atoms with E-state index < -0.39 is 4.92 Å². The molecule has 0 radical (unpaired) electrons. The van der Waals surface area contributed by atoms with Crippen LogP contribution >= 0.6 is 15.9 Å². The summed E-state index contributed by atoms with van der Waals surface area (Å²) in [5.74, 6) is 0.101. The van der Waals surface area contributed by atoms with Gasteiger partial charge < -0.3 is 11.1 Å². The third-order valence-electron chi connectivity index (χ3n) is 3.96. The van der Waals surface area contributed by atoms with Gasteiger partial charge in [0.15, 0.2) is 0 Å². The van der Waals surface area contributed by atoms with Crippen molar-refractivity contribution in [3.63, 3.8) is 0 Å². The Kier molecular flexibility index (Phi) is 5.30. The number of nitrogens with one attached hydrogen (secondary N) is 1. The number of amides is 1. The molecular formula is C14H18BrN3O3. The number of hydrogen-bond acceptors (Lipinski definition) is 4. The molecule has 0 bridgehead atoms. The van der Waals surface area contributed by atoms with E-state index in [2.05, 4.69) is 21.2 Å². The van der Waals surface area contributed by atoms with Gasteiger partial charge in [-0.25, -0.2) is 0 Å². The second kappa shape index (κ2) is 7.00. The maximum absolute atomic E-state index is 12.4. The molecule has 1 aliphatic rings. The van der Waals surface area contributed by atoms with Crippen molar-refractivity contribution in [3.8, 4) is 0 Å². The van der Waals surface area contributed by atoms with Crippen LogP contribution in [0.3, 0.4) is 0 Å². The van der Waals surface area contributed by atoms with E-state index in [-0.39, 0.29) is 23.4 Å². The first-order valence-electron chi connectivity index (χ1n) is 6.97. The number of rotatable bonds is 4. The number of nitrogens with zero attached hydrogens (tertiary/aromatic N) is 1. The van der Waals surface area contributed by atoms with Gasteiger partial charge in [0.2, 0.25) is 5.91 Å². The average molecular weight is 356 g/mol. The van der Waals surface area contributed by atoms with E-state index in [4.69, 9.17) is 5.73 Å². The van der Waals surface area contributed by atoms with E-state index in [1.165, 1.54) is 6.07 Å². The first kappa shape index (κ1) is 15.9. The SMILES string of the molecule is NCC1CCCCC1C(=O)Nc1ccc([N+](=O)[O-])c(Br)c1. The highest BCUT2D eigenvalue weighted by molar-refractivity contribution is 9.10. The molecule has 2 rings (SSSR count). The number of nitro benzene ring substituents is 1. The van der Waals surface area contributed by atoms with E-state index in [1.807, 2.05) is 0 Å². The van der Waals surface area contributed by atoms with Crippen LogP contribution in [0.1, 0.15) is 25.7 Å². The second-order valence-corrected chi connectivity index (χ2v) is 6.15. The molecule has 0 heterocycles. The Morgan fingerprint density at radius 1 is 1.43 bits per heavy atom. The van der Waals surface area contributed by atoms with Crippen molar-refractivity contribution in [2.24, 2.45) is 17.6 Å². The quantitative estimate of drug-likeness (QED) is 0.640. The first-order chi connectivity index (χ1) is 10.0. The average Bonchev–Trinajstić information content (AvgIpc) is 2.46. The molecular weight excluding hydrogens is 338 g/mol. The molecule has 1 aromatic rings. The van der Waals surface area contributed by atoms with Gasteiger partial charge in [-0.2, -0.15) is 0 Å². The van der Waals surface area contributed by atoms with Gasteiger partial charge in [0.25, 0.3) is 5.69 Å². The Hall–Kier alpha value is -1.47. The highest BCUT2D eigenvalue weighted by Crippen LogP contribution is 2.32. The second-order valence-electron chi connectivity index (χ2n) is 5.30. The molecule has 1 amide bonds. The lowest BCUT2D eigenvalue weighted by atomic mass is 9.78. The van der Waals surface area contributed by atoms with Gasteiger partial charge in [0, 0.05) is 17.7 Å². The zero-order chi connectivity index (χ0) is 15.4. The van der Waals surface area contributed by atoms with Gasteiger partial charge in [-0.05, 0) is 53.4 Å². The van der Waals surface area contributed by atoms with Crippen molar-refractivity contribution in [3.05, 3.63) is 32.8 Å². The highest BCUT2D eigenvalue weighted by Gasteiger charge is 2.30. The van der Waals surface area contributed by atoms with Crippen LogP contribution in [-0.4, -0.2) is 17.4 Å². The Morgan fingerprint density at radius 3 is 2.76 bits per heavy atom. The lowest BCUT2D eigenvalue weighted by Crippen LogP contribution is -2.35. The Morgan fingerprint density at radius 2 is 2.14 bits per heavy atom. The predicted octanol–water partition coefficient (Wildman–Crippen LogP) is 3.06. The number of nitrogens with two attached hydrogens (primary N) is 1. The van der Waals surface area contributed by atoms with E-state index in [0.29, 0.717) is 16.7 Å². The fraction of sp³-hybridized carbons (Fsp3) is 0.500. The van der Waals surface area contributed by atoms with Gasteiger partial charge in [-0.1, -0.05) is 12.8 Å². The van der Waals surface area contributed by atoms with Crippen molar-refractivity contribution >= 4 is 33.2 Å². The highest BCUT2D eigenvalue weighted by atomic mass is 79.9.